The predicted octanol–water partition coefficient (Wildman–Crippen LogP) is 11.2. The molecule has 13 heteroatoms. The summed E-state index contributed by atoms with van der Waals surface area (Å²) in [5.41, 5.74) is 0.968. The molecule has 1 aromatic carbocycles. The second-order valence-electron chi connectivity index (χ2n) is 21.0. The third kappa shape index (κ3) is 11.9. The Kier molecular flexibility index (Phi) is 15.6. The first-order chi connectivity index (χ1) is 24.1. The molecule has 0 unspecified atom stereocenters. The van der Waals surface area contributed by atoms with Crippen molar-refractivity contribution in [1.29, 1.82) is 0 Å². The minimum absolute atomic E-state index is 0.0287. The van der Waals surface area contributed by atoms with E-state index in [9.17, 15) is 4.79 Å². The lowest BCUT2D eigenvalue weighted by atomic mass is 9.99. The molecule has 0 radical (unpaired) electrons. The van der Waals surface area contributed by atoms with E-state index in [0.29, 0.717) is 18.1 Å². The van der Waals surface area contributed by atoms with Crippen molar-refractivity contribution in [3.8, 4) is 11.5 Å². The number of carbonyl (C=O) groups is 1. The normalized spacial score (nSPS) is 22.5. The van der Waals surface area contributed by atoms with Crippen LogP contribution in [-0.4, -0.2) is 83.7 Å². The van der Waals surface area contributed by atoms with Crippen LogP contribution < -0.4 is 9.47 Å². The van der Waals surface area contributed by atoms with Crippen molar-refractivity contribution in [1.82, 2.24) is 0 Å². The van der Waals surface area contributed by atoms with Crippen LogP contribution in [0.1, 0.15) is 88.6 Å². The zero-order chi connectivity index (χ0) is 42.1. The van der Waals surface area contributed by atoms with E-state index in [1.54, 1.807) is 13.2 Å². The summed E-state index contributed by atoms with van der Waals surface area (Å²) < 4.78 is 53.8. The van der Waals surface area contributed by atoms with Crippen molar-refractivity contribution in [2.45, 2.75) is 193 Å². The van der Waals surface area contributed by atoms with E-state index in [0.717, 1.165) is 5.56 Å². The molecule has 1 aromatic rings. The number of esters is 1. The van der Waals surface area contributed by atoms with E-state index >= 15 is 0 Å². The molecule has 5 atom stereocenters. The van der Waals surface area contributed by atoms with Crippen LogP contribution >= 0.6 is 0 Å². The van der Waals surface area contributed by atoms with Gasteiger partial charge in [-0.2, -0.15) is 0 Å². The van der Waals surface area contributed by atoms with Gasteiger partial charge in [-0.3, -0.25) is 0 Å². The van der Waals surface area contributed by atoms with Crippen LogP contribution in [0, 0.1) is 0 Å². The maximum absolute atomic E-state index is 14.1. The maximum atomic E-state index is 14.1. The zero-order valence-corrected chi connectivity index (χ0v) is 42.0. The number of benzene rings is 1. The Hall–Kier alpha value is -1.30. The fraction of sp³-hybridized carbons (Fsp3) is 0.780. The van der Waals surface area contributed by atoms with Gasteiger partial charge in [-0.25, -0.2) is 4.79 Å². The molecular formula is C41H78O9Si4. The van der Waals surface area contributed by atoms with Gasteiger partial charge in [-0.1, -0.05) is 102 Å². The molecule has 1 fully saturated rings. The van der Waals surface area contributed by atoms with Crippen LogP contribution in [0.2, 0.25) is 72.5 Å². The van der Waals surface area contributed by atoms with Gasteiger partial charge >= 0.3 is 5.97 Å². The minimum atomic E-state index is -2.54. The van der Waals surface area contributed by atoms with Crippen molar-refractivity contribution >= 4 is 39.2 Å². The Morgan fingerprint density at radius 1 is 0.685 bits per heavy atom. The lowest BCUT2D eigenvalue weighted by Crippen LogP contribution is -2.69. The number of hydrogen-bond acceptors (Lipinski definition) is 9. The molecule has 312 valence electrons. The highest BCUT2D eigenvalue weighted by atomic mass is 28.4. The number of ether oxygens (including phenoxy) is 4. The standard InChI is InChI=1S/C41H78O9Si4/c1-23-26-44-36(42)34-32(48-52(17,18)39(5,6)7)33(49-53(19,20)40(8,9)10)35(50-54(21,22)41(11,12)13)37(47-34)46-30-25-24-29(27-31(30)43-14)28-45-51(15,16)38(2,3)4/h23-25,27,32-35,37H,1,26,28H2,2-22H3/t32-,33+,34+,35-,37-/m1/s1. The summed E-state index contributed by atoms with van der Waals surface area (Å²) in [6.07, 6.45) is -3.00. The Morgan fingerprint density at radius 3 is 1.56 bits per heavy atom. The van der Waals surface area contributed by atoms with Gasteiger partial charge in [-0.15, -0.1) is 0 Å². The Bertz CT molecular complexity index is 1420. The van der Waals surface area contributed by atoms with E-state index in [-0.39, 0.29) is 26.8 Å². The van der Waals surface area contributed by atoms with Crippen LogP contribution in [0.5, 0.6) is 11.5 Å². The molecule has 54 heavy (non-hydrogen) atoms. The molecular weight excluding hydrogens is 749 g/mol. The van der Waals surface area contributed by atoms with Gasteiger partial charge in [0.25, 0.3) is 0 Å². The van der Waals surface area contributed by atoms with Gasteiger partial charge in [0.05, 0.1) is 13.7 Å². The average molecular weight is 827 g/mol. The molecule has 1 aliphatic heterocycles. The number of carbonyl (C=O) groups excluding carboxylic acids is 1. The van der Waals surface area contributed by atoms with Crippen LogP contribution in [0.15, 0.2) is 30.9 Å². The lowest BCUT2D eigenvalue weighted by molar-refractivity contribution is -0.263. The highest BCUT2D eigenvalue weighted by Crippen LogP contribution is 2.47. The van der Waals surface area contributed by atoms with Crippen LogP contribution in [-0.2, 0) is 38.6 Å². The molecule has 9 nitrogen and oxygen atoms in total. The van der Waals surface area contributed by atoms with Gasteiger partial charge in [0.15, 0.2) is 50.9 Å². The molecule has 1 aliphatic rings. The summed E-state index contributed by atoms with van der Waals surface area (Å²) in [6.45, 7) is 48.4. The molecule has 0 saturated carbocycles. The molecule has 0 spiro atoms. The van der Waals surface area contributed by atoms with E-state index in [1.165, 1.54) is 0 Å². The van der Waals surface area contributed by atoms with Crippen molar-refractivity contribution in [3.63, 3.8) is 0 Å². The van der Waals surface area contributed by atoms with E-state index in [2.05, 4.69) is 142 Å². The van der Waals surface area contributed by atoms with Gasteiger partial charge < -0.3 is 36.7 Å². The molecule has 0 aliphatic carbocycles. The summed E-state index contributed by atoms with van der Waals surface area (Å²) in [6, 6.07) is 5.81. The molecule has 1 heterocycles. The number of rotatable bonds is 15. The average Bonchev–Trinajstić information content (AvgIpc) is 2.99. The monoisotopic (exact) mass is 826 g/mol. The summed E-state index contributed by atoms with van der Waals surface area (Å²) in [5, 5.41) is -0.403. The molecule has 1 saturated heterocycles. The van der Waals surface area contributed by atoms with Gasteiger partial charge in [-0.05, 0) is 90.2 Å². The maximum Gasteiger partial charge on any atom is 0.338 e. The van der Waals surface area contributed by atoms with Crippen molar-refractivity contribution < 1.29 is 41.4 Å². The van der Waals surface area contributed by atoms with Gasteiger partial charge in [0.2, 0.25) is 6.29 Å². The first kappa shape index (κ1) is 48.8. The Morgan fingerprint density at radius 2 is 1.13 bits per heavy atom. The Balaban J connectivity index is 2.87. The minimum Gasteiger partial charge on any atom is -0.493 e. The summed E-state index contributed by atoms with van der Waals surface area (Å²) in [5.74, 6) is 0.413. The lowest BCUT2D eigenvalue weighted by Gasteiger charge is -2.53. The topological polar surface area (TPSA) is 90.9 Å². The third-order valence-electron chi connectivity index (χ3n) is 12.7. The zero-order valence-electron chi connectivity index (χ0n) is 38.0. The largest absolute Gasteiger partial charge is 0.493 e. The third-order valence-corrected chi connectivity index (χ3v) is 30.6. The highest BCUT2D eigenvalue weighted by Gasteiger charge is 2.59. The second-order valence-corrected chi connectivity index (χ2v) is 40.1. The Labute approximate surface area is 334 Å². The predicted molar refractivity (Wildman–Crippen MR) is 232 cm³/mol. The number of methoxy groups -OCH3 is 1. The number of hydrogen-bond donors (Lipinski definition) is 0. The first-order valence-corrected chi connectivity index (χ1v) is 31.2. The van der Waals surface area contributed by atoms with Crippen LogP contribution in [0.4, 0.5) is 0 Å². The summed E-state index contributed by atoms with van der Waals surface area (Å²) >= 11 is 0. The molecule has 0 N–H and O–H groups in total. The van der Waals surface area contributed by atoms with E-state index in [4.69, 9.17) is 36.7 Å². The van der Waals surface area contributed by atoms with Crippen molar-refractivity contribution in [2.24, 2.45) is 0 Å². The van der Waals surface area contributed by atoms with Crippen molar-refractivity contribution in [2.75, 3.05) is 13.7 Å². The summed E-state index contributed by atoms with van der Waals surface area (Å²) in [7, 11) is -7.97. The molecule has 0 amide bonds. The fourth-order valence-corrected chi connectivity index (χ4v) is 9.60. The SMILES string of the molecule is C=CCOC(=O)[C@H]1O[C@@H](Oc2ccc(CO[Si](C)(C)C(C)(C)C)cc2OC)[C@H](O[Si](C)(C)C(C)(C)C)[C@@H](O[Si](C)(C)C(C)(C)C)[C@H]1O[Si](C)(C)C(C)(C)C. The van der Waals surface area contributed by atoms with Crippen LogP contribution in [0.3, 0.4) is 0 Å². The smallest absolute Gasteiger partial charge is 0.338 e. The highest BCUT2D eigenvalue weighted by molar-refractivity contribution is 6.75. The van der Waals surface area contributed by atoms with Gasteiger partial charge in [0, 0.05) is 0 Å². The van der Waals surface area contributed by atoms with Crippen molar-refractivity contribution in [3.05, 3.63) is 36.4 Å². The second kappa shape index (κ2) is 17.3. The molecule has 2 rings (SSSR count). The molecule has 0 bridgehead atoms. The van der Waals surface area contributed by atoms with E-state index < -0.39 is 69.9 Å². The molecule has 0 aromatic heterocycles. The quantitative estimate of drug-likeness (QED) is 0.0974. The van der Waals surface area contributed by atoms with Crippen LogP contribution in [0.25, 0.3) is 0 Å². The summed E-state index contributed by atoms with van der Waals surface area (Å²) in [4.78, 5) is 14.1. The first-order valence-electron chi connectivity index (χ1n) is 19.6. The van der Waals surface area contributed by atoms with E-state index in [1.807, 2.05) is 18.2 Å². The van der Waals surface area contributed by atoms with Gasteiger partial charge in [0.1, 0.15) is 24.9 Å². The fourth-order valence-electron chi connectivity index (χ4n) is 4.76.